The van der Waals surface area contributed by atoms with Gasteiger partial charge in [-0.2, -0.15) is 5.26 Å². The number of hydrogen-bond donors (Lipinski definition) is 0. The van der Waals surface area contributed by atoms with Gasteiger partial charge in [-0.05, 0) is 72.1 Å². The Morgan fingerprint density at radius 1 is 0.750 bits per heavy atom. The summed E-state index contributed by atoms with van der Waals surface area (Å²) < 4.78 is 1.02. The van der Waals surface area contributed by atoms with E-state index >= 15 is 0 Å². The Balaban J connectivity index is 1.92. The predicted octanol–water partition coefficient (Wildman–Crippen LogP) is 5.82. The summed E-state index contributed by atoms with van der Waals surface area (Å²) in [4.78, 5) is 13.7. The topological polar surface area (TPSA) is 62.5 Å². The van der Waals surface area contributed by atoms with Gasteiger partial charge in [0.1, 0.15) is 0 Å². The highest BCUT2D eigenvalue weighted by atomic mass is 79.9. The number of benzene rings is 1. The molecule has 28 heavy (non-hydrogen) atoms. The summed E-state index contributed by atoms with van der Waals surface area (Å²) in [5, 5.41) is 9.22. The van der Waals surface area contributed by atoms with Gasteiger partial charge in [0.2, 0.25) is 0 Å². The molecule has 5 heteroatoms. The van der Waals surface area contributed by atoms with Crippen molar-refractivity contribution < 1.29 is 0 Å². The summed E-state index contributed by atoms with van der Waals surface area (Å²) in [5.74, 6) is 0. The van der Waals surface area contributed by atoms with E-state index in [0.717, 1.165) is 32.6 Å². The Labute approximate surface area is 171 Å². The molecule has 0 fully saturated rings. The molecule has 0 amide bonds. The molecule has 3 aromatic heterocycles. The molecule has 134 valence electrons. The molecule has 0 spiro atoms. The van der Waals surface area contributed by atoms with Crippen LogP contribution in [0.15, 0.2) is 77.5 Å². The molecule has 0 saturated carbocycles. The second kappa shape index (κ2) is 7.71. The summed E-state index contributed by atoms with van der Waals surface area (Å²) >= 11 is 3.48. The third-order valence-corrected chi connectivity index (χ3v) is 4.86. The zero-order chi connectivity index (χ0) is 19.5. The summed E-state index contributed by atoms with van der Waals surface area (Å²) in [6.07, 6.45) is 3.42. The minimum absolute atomic E-state index is 0.552. The van der Waals surface area contributed by atoms with Crippen molar-refractivity contribution in [2.24, 2.45) is 0 Å². The lowest BCUT2D eigenvalue weighted by atomic mass is 10.0. The quantitative estimate of drug-likeness (QED) is 0.414. The second-order valence-corrected chi connectivity index (χ2v) is 7.31. The molecule has 0 bridgehead atoms. The predicted molar refractivity (Wildman–Crippen MR) is 113 cm³/mol. The Morgan fingerprint density at radius 2 is 1.39 bits per heavy atom. The van der Waals surface area contributed by atoms with Crippen molar-refractivity contribution in [2.75, 3.05) is 0 Å². The van der Waals surface area contributed by atoms with Gasteiger partial charge in [0, 0.05) is 16.9 Å². The van der Waals surface area contributed by atoms with Gasteiger partial charge in [0.15, 0.2) is 0 Å². The normalized spacial score (nSPS) is 10.5. The van der Waals surface area contributed by atoms with E-state index in [1.54, 1.807) is 24.5 Å². The summed E-state index contributed by atoms with van der Waals surface area (Å²) in [6, 6.07) is 21.7. The highest BCUT2D eigenvalue weighted by Crippen LogP contribution is 2.30. The largest absolute Gasteiger partial charge is 0.255 e. The number of nitrogens with zero attached hydrogens (tertiary/aromatic N) is 4. The number of nitriles is 1. The fraction of sp³-hybridized carbons (Fsp3) is 0.0435. The molecule has 0 N–H and O–H groups in total. The van der Waals surface area contributed by atoms with Gasteiger partial charge >= 0.3 is 0 Å². The number of hydrogen-bond acceptors (Lipinski definition) is 4. The first-order valence-electron chi connectivity index (χ1n) is 8.70. The van der Waals surface area contributed by atoms with Crippen LogP contribution in [0.1, 0.15) is 11.1 Å². The zero-order valence-corrected chi connectivity index (χ0v) is 16.7. The molecule has 0 saturated heterocycles. The summed E-state index contributed by atoms with van der Waals surface area (Å²) in [6.45, 7) is 2.03. The van der Waals surface area contributed by atoms with E-state index < -0.39 is 0 Å². The summed E-state index contributed by atoms with van der Waals surface area (Å²) in [5.41, 5.74) is 6.68. The molecule has 4 rings (SSSR count). The molecule has 0 atom stereocenters. The van der Waals surface area contributed by atoms with Crippen LogP contribution < -0.4 is 0 Å². The number of halogens is 1. The first kappa shape index (κ1) is 18.0. The lowest BCUT2D eigenvalue weighted by Gasteiger charge is -2.10. The molecule has 4 aromatic rings. The average molecular weight is 427 g/mol. The molecule has 3 heterocycles. The standard InChI is InChI=1S/C23H15BrN4/c1-15-6-8-26-20(10-15)22-12-18(17-2-4-19(24)5-3-17)13-23(28-22)21-11-16(14-25)7-9-27-21/h2-13H,1H3. The van der Waals surface area contributed by atoms with Crippen molar-refractivity contribution in [2.45, 2.75) is 6.92 Å². The van der Waals surface area contributed by atoms with Gasteiger partial charge in [-0.3, -0.25) is 9.97 Å². The number of pyridine rings is 3. The highest BCUT2D eigenvalue weighted by Gasteiger charge is 2.11. The van der Waals surface area contributed by atoms with E-state index in [1.165, 1.54) is 0 Å². The van der Waals surface area contributed by atoms with Crippen LogP contribution >= 0.6 is 15.9 Å². The maximum absolute atomic E-state index is 9.22. The van der Waals surface area contributed by atoms with Gasteiger partial charge < -0.3 is 0 Å². The zero-order valence-electron chi connectivity index (χ0n) is 15.1. The molecule has 4 nitrogen and oxygen atoms in total. The summed E-state index contributed by atoms with van der Waals surface area (Å²) in [7, 11) is 0. The Bertz CT molecular complexity index is 1190. The van der Waals surface area contributed by atoms with Crippen LogP contribution in [0.4, 0.5) is 0 Å². The van der Waals surface area contributed by atoms with Crippen LogP contribution in [0.2, 0.25) is 0 Å². The van der Waals surface area contributed by atoms with Gasteiger partial charge in [-0.1, -0.05) is 28.1 Å². The minimum Gasteiger partial charge on any atom is -0.255 e. The average Bonchev–Trinajstić information content (AvgIpc) is 2.74. The van der Waals surface area contributed by atoms with Gasteiger partial charge in [0.25, 0.3) is 0 Å². The molecular weight excluding hydrogens is 412 g/mol. The Hall–Kier alpha value is -3.36. The molecule has 0 aliphatic rings. The fourth-order valence-corrected chi connectivity index (χ4v) is 3.18. The third-order valence-electron chi connectivity index (χ3n) is 4.33. The monoisotopic (exact) mass is 426 g/mol. The van der Waals surface area contributed by atoms with Crippen molar-refractivity contribution >= 4 is 15.9 Å². The van der Waals surface area contributed by atoms with Gasteiger partial charge in [-0.15, -0.1) is 0 Å². The molecule has 0 unspecified atom stereocenters. The van der Waals surface area contributed by atoms with Crippen molar-refractivity contribution in [1.29, 1.82) is 5.26 Å². The van der Waals surface area contributed by atoms with Crippen LogP contribution in [0.3, 0.4) is 0 Å². The number of aryl methyl sites for hydroxylation is 1. The Morgan fingerprint density at radius 3 is 2.04 bits per heavy atom. The lowest BCUT2D eigenvalue weighted by Crippen LogP contribution is -1.95. The first-order chi connectivity index (χ1) is 13.6. The maximum Gasteiger partial charge on any atom is 0.0992 e. The van der Waals surface area contributed by atoms with Crippen LogP contribution in [0.5, 0.6) is 0 Å². The van der Waals surface area contributed by atoms with Crippen LogP contribution in [0, 0.1) is 18.3 Å². The number of rotatable bonds is 3. The van der Waals surface area contributed by atoms with Gasteiger partial charge in [0.05, 0.1) is 34.4 Å². The van der Waals surface area contributed by atoms with Gasteiger partial charge in [-0.25, -0.2) is 4.98 Å². The van der Waals surface area contributed by atoms with Crippen molar-refractivity contribution in [3.05, 3.63) is 88.7 Å². The van der Waals surface area contributed by atoms with Crippen molar-refractivity contribution in [1.82, 2.24) is 15.0 Å². The highest BCUT2D eigenvalue weighted by molar-refractivity contribution is 9.10. The van der Waals surface area contributed by atoms with Crippen molar-refractivity contribution in [3.8, 4) is 40.0 Å². The first-order valence-corrected chi connectivity index (χ1v) is 9.49. The molecule has 0 aliphatic heterocycles. The smallest absolute Gasteiger partial charge is 0.0992 e. The Kier molecular flexibility index (Phi) is 4.96. The van der Waals surface area contributed by atoms with E-state index in [-0.39, 0.29) is 0 Å². The number of aromatic nitrogens is 3. The van der Waals surface area contributed by atoms with E-state index in [4.69, 9.17) is 4.98 Å². The minimum atomic E-state index is 0.552. The third kappa shape index (κ3) is 3.83. The van der Waals surface area contributed by atoms with Crippen molar-refractivity contribution in [3.63, 3.8) is 0 Å². The maximum atomic E-state index is 9.22. The van der Waals surface area contributed by atoms with E-state index in [9.17, 15) is 5.26 Å². The van der Waals surface area contributed by atoms with Crippen LogP contribution in [-0.2, 0) is 0 Å². The SMILES string of the molecule is Cc1ccnc(-c2cc(-c3ccc(Br)cc3)cc(-c3cc(C#N)ccn3)n2)c1. The van der Waals surface area contributed by atoms with Crippen LogP contribution in [-0.4, -0.2) is 15.0 Å². The molecule has 1 aromatic carbocycles. The second-order valence-electron chi connectivity index (χ2n) is 6.39. The van der Waals surface area contributed by atoms with E-state index in [2.05, 4.69) is 44.1 Å². The molecule has 0 radical (unpaired) electrons. The molecular formula is C23H15BrN4. The van der Waals surface area contributed by atoms with E-state index in [1.807, 2.05) is 43.3 Å². The molecule has 0 aliphatic carbocycles. The van der Waals surface area contributed by atoms with Crippen LogP contribution in [0.25, 0.3) is 33.9 Å². The van der Waals surface area contributed by atoms with E-state index in [0.29, 0.717) is 17.0 Å². The fourth-order valence-electron chi connectivity index (χ4n) is 2.92. The lowest BCUT2D eigenvalue weighted by molar-refractivity contribution is 1.21.